The first kappa shape index (κ1) is 33.2. The van der Waals surface area contributed by atoms with Crippen LogP contribution in [0.2, 0.25) is 0 Å². The molecule has 0 fully saturated rings. The lowest BCUT2D eigenvalue weighted by atomic mass is 9.93. The molecule has 0 bridgehead atoms. The van der Waals surface area contributed by atoms with Gasteiger partial charge in [0.25, 0.3) is 5.56 Å². The van der Waals surface area contributed by atoms with Crippen molar-refractivity contribution in [1.29, 1.82) is 0 Å². The number of esters is 1. The van der Waals surface area contributed by atoms with Gasteiger partial charge < -0.3 is 20.1 Å². The highest BCUT2D eigenvalue weighted by Crippen LogP contribution is 2.36. The number of nitrogens with zero attached hydrogens (tertiary/aromatic N) is 2. The Morgan fingerprint density at radius 2 is 1.58 bits per heavy atom. The minimum atomic E-state index is -0.494. The summed E-state index contributed by atoms with van der Waals surface area (Å²) >= 11 is 0. The van der Waals surface area contributed by atoms with Gasteiger partial charge in [-0.05, 0) is 59.2 Å². The molecule has 0 radical (unpaired) electrons. The molecule has 0 saturated carbocycles. The number of benzene rings is 2. The van der Waals surface area contributed by atoms with Crippen LogP contribution >= 0.6 is 0 Å². The fourth-order valence-corrected chi connectivity index (χ4v) is 5.38. The lowest BCUT2D eigenvalue weighted by Crippen LogP contribution is -2.30. The van der Waals surface area contributed by atoms with Crippen LogP contribution in [0.5, 0.6) is 5.75 Å². The Balaban J connectivity index is 1.80. The Bertz CT molecular complexity index is 1680. The second kappa shape index (κ2) is 15.4. The average Bonchev–Trinajstić information content (AvgIpc) is 3.01. The number of anilines is 2. The highest BCUT2D eigenvalue weighted by atomic mass is 16.5. The number of carbonyl (C=O) groups excluding carboxylic acids is 2. The van der Waals surface area contributed by atoms with Crippen molar-refractivity contribution in [1.82, 2.24) is 9.55 Å². The fraction of sp³-hybridized carbons (Fsp3) is 0.389. The van der Waals surface area contributed by atoms with Crippen molar-refractivity contribution < 1.29 is 19.1 Å². The Hall–Kier alpha value is -4.66. The van der Waals surface area contributed by atoms with E-state index in [0.29, 0.717) is 42.1 Å². The molecule has 4 aromatic rings. The van der Waals surface area contributed by atoms with Crippen LogP contribution in [0.25, 0.3) is 22.2 Å². The van der Waals surface area contributed by atoms with Gasteiger partial charge in [0.1, 0.15) is 17.1 Å². The maximum absolute atomic E-state index is 14.2. The molecule has 2 amide bonds. The van der Waals surface area contributed by atoms with Crippen molar-refractivity contribution in [2.75, 3.05) is 23.8 Å². The zero-order chi connectivity index (χ0) is 32.5. The van der Waals surface area contributed by atoms with E-state index in [9.17, 15) is 14.4 Å². The van der Waals surface area contributed by atoms with Crippen molar-refractivity contribution in [2.45, 2.75) is 79.2 Å². The van der Waals surface area contributed by atoms with Gasteiger partial charge in [0, 0.05) is 42.7 Å². The Morgan fingerprint density at radius 3 is 2.24 bits per heavy atom. The molecule has 45 heavy (non-hydrogen) atoms. The zero-order valence-corrected chi connectivity index (χ0v) is 27.1. The molecule has 0 spiro atoms. The molecule has 9 nitrogen and oxygen atoms in total. The third-order valence-electron chi connectivity index (χ3n) is 7.59. The van der Waals surface area contributed by atoms with Gasteiger partial charge in [0.2, 0.25) is 0 Å². The van der Waals surface area contributed by atoms with Crippen LogP contribution in [0.1, 0.15) is 83.8 Å². The Kier molecular flexibility index (Phi) is 11.4. The van der Waals surface area contributed by atoms with Crippen molar-refractivity contribution in [2.24, 2.45) is 0 Å². The summed E-state index contributed by atoms with van der Waals surface area (Å²) in [6.45, 7) is 12.9. The first-order chi connectivity index (χ1) is 21.6. The number of nitrogens with one attached hydrogen (secondary N) is 2. The van der Waals surface area contributed by atoms with Crippen LogP contribution in [-0.2, 0) is 16.1 Å². The second-order valence-corrected chi connectivity index (χ2v) is 11.7. The van der Waals surface area contributed by atoms with Gasteiger partial charge in [-0.1, -0.05) is 71.4 Å². The molecular formula is C36H44N4O5. The van der Waals surface area contributed by atoms with Crippen molar-refractivity contribution in [3.05, 3.63) is 82.3 Å². The molecule has 0 aliphatic rings. The molecule has 2 N–H and O–H groups in total. The zero-order valence-electron chi connectivity index (χ0n) is 27.1. The van der Waals surface area contributed by atoms with Crippen molar-refractivity contribution in [3.8, 4) is 16.9 Å². The first-order valence-electron chi connectivity index (χ1n) is 15.7. The summed E-state index contributed by atoms with van der Waals surface area (Å²) in [6.07, 6.45) is 3.89. The lowest BCUT2D eigenvalue weighted by molar-refractivity contribution is -0.141. The van der Waals surface area contributed by atoms with E-state index in [0.717, 1.165) is 35.0 Å². The number of para-hydroxylation sites is 1. The molecule has 238 valence electrons. The van der Waals surface area contributed by atoms with E-state index in [-0.39, 0.29) is 35.7 Å². The van der Waals surface area contributed by atoms with Gasteiger partial charge in [0.05, 0.1) is 13.2 Å². The molecule has 4 rings (SSSR count). The molecule has 2 heterocycles. The molecule has 9 heteroatoms. The molecule has 2 aromatic carbocycles. The van der Waals surface area contributed by atoms with Gasteiger partial charge in [-0.3, -0.25) is 14.2 Å². The number of aromatic nitrogens is 2. The summed E-state index contributed by atoms with van der Waals surface area (Å²) in [5.41, 5.74) is 4.48. The number of aryl methyl sites for hydroxylation is 1. The number of hydrogen-bond acceptors (Lipinski definition) is 6. The van der Waals surface area contributed by atoms with Crippen LogP contribution in [0.3, 0.4) is 0 Å². The average molecular weight is 613 g/mol. The summed E-state index contributed by atoms with van der Waals surface area (Å²) in [6, 6.07) is 16.7. The van der Waals surface area contributed by atoms with E-state index >= 15 is 0 Å². The number of unbranched alkanes of at least 4 members (excludes halogenated alkanes) is 1. The standard InChI is InChI=1S/C36H44N4O5/c1-7-8-19-40-34-30(17-11-18-37-34)31(26-13-9-14-27(22-26)45-21-12-20-44-25(6)41)33(35(40)42)39-36(43)38-32-28(23(2)3)15-10-16-29(32)24(4)5/h9-11,13-18,22-24H,7-8,12,19-21H2,1-6H3,(H2,38,39,43). The van der Waals surface area contributed by atoms with E-state index in [2.05, 4.69) is 50.2 Å². The summed E-state index contributed by atoms with van der Waals surface area (Å²) in [4.78, 5) is 43.7. The highest BCUT2D eigenvalue weighted by Gasteiger charge is 2.23. The molecule has 2 aromatic heterocycles. The monoisotopic (exact) mass is 612 g/mol. The SMILES string of the molecule is CCCCn1c(=O)c(NC(=O)Nc2c(C(C)C)cccc2C(C)C)c(-c2cccc(OCCCOC(C)=O)c2)c2cccnc21. The minimum Gasteiger partial charge on any atom is -0.493 e. The van der Waals surface area contributed by atoms with Crippen LogP contribution in [0.4, 0.5) is 16.2 Å². The predicted octanol–water partition coefficient (Wildman–Crippen LogP) is 8.09. The van der Waals surface area contributed by atoms with E-state index in [1.165, 1.54) is 6.92 Å². The number of pyridine rings is 2. The van der Waals surface area contributed by atoms with E-state index < -0.39 is 6.03 Å². The van der Waals surface area contributed by atoms with Crippen molar-refractivity contribution in [3.63, 3.8) is 0 Å². The minimum absolute atomic E-state index is 0.171. The lowest BCUT2D eigenvalue weighted by Gasteiger charge is -2.22. The number of rotatable bonds is 13. The van der Waals surface area contributed by atoms with E-state index in [1.807, 2.05) is 54.6 Å². The first-order valence-corrected chi connectivity index (χ1v) is 15.7. The highest BCUT2D eigenvalue weighted by molar-refractivity contribution is 6.07. The number of ether oxygens (including phenoxy) is 2. The Morgan fingerprint density at radius 1 is 0.889 bits per heavy atom. The second-order valence-electron chi connectivity index (χ2n) is 11.7. The van der Waals surface area contributed by atoms with E-state index in [1.54, 1.807) is 10.8 Å². The topological polar surface area (TPSA) is 112 Å². The molecule has 0 saturated heterocycles. The summed E-state index contributed by atoms with van der Waals surface area (Å²) < 4.78 is 12.6. The van der Waals surface area contributed by atoms with Gasteiger partial charge in [-0.25, -0.2) is 9.78 Å². The number of carbonyl (C=O) groups is 2. The molecule has 0 unspecified atom stereocenters. The maximum atomic E-state index is 14.2. The number of amides is 2. The number of urea groups is 1. The number of hydrogen-bond donors (Lipinski definition) is 2. The normalized spacial score (nSPS) is 11.2. The van der Waals surface area contributed by atoms with Crippen LogP contribution in [0.15, 0.2) is 65.6 Å². The smallest absolute Gasteiger partial charge is 0.323 e. The van der Waals surface area contributed by atoms with Crippen LogP contribution in [-0.4, -0.2) is 34.8 Å². The molecular weight excluding hydrogens is 568 g/mol. The fourth-order valence-electron chi connectivity index (χ4n) is 5.38. The summed E-state index contributed by atoms with van der Waals surface area (Å²) in [5.74, 6) is 0.627. The van der Waals surface area contributed by atoms with Crippen LogP contribution < -0.4 is 20.9 Å². The largest absolute Gasteiger partial charge is 0.493 e. The third kappa shape index (κ3) is 8.09. The van der Waals surface area contributed by atoms with Gasteiger partial charge in [-0.2, -0.15) is 0 Å². The quantitative estimate of drug-likeness (QED) is 0.117. The van der Waals surface area contributed by atoms with Gasteiger partial charge >= 0.3 is 12.0 Å². The third-order valence-corrected chi connectivity index (χ3v) is 7.59. The molecule has 0 aliphatic carbocycles. The Labute approximate surface area is 265 Å². The van der Waals surface area contributed by atoms with Gasteiger partial charge in [0.15, 0.2) is 0 Å². The summed E-state index contributed by atoms with van der Waals surface area (Å²) in [7, 11) is 0. The molecule has 0 aliphatic heterocycles. The van der Waals surface area contributed by atoms with Crippen molar-refractivity contribution >= 4 is 34.4 Å². The molecule has 0 atom stereocenters. The van der Waals surface area contributed by atoms with Gasteiger partial charge in [-0.15, -0.1) is 0 Å². The maximum Gasteiger partial charge on any atom is 0.323 e. The number of fused-ring (bicyclic) bond motifs is 1. The summed E-state index contributed by atoms with van der Waals surface area (Å²) in [5, 5.41) is 6.79. The van der Waals surface area contributed by atoms with E-state index in [4.69, 9.17) is 9.47 Å². The van der Waals surface area contributed by atoms with Crippen LogP contribution in [0, 0.1) is 0 Å². The predicted molar refractivity (Wildman–Crippen MR) is 180 cm³/mol.